The van der Waals surface area contributed by atoms with Crippen molar-refractivity contribution >= 4 is 35.6 Å². The van der Waals surface area contributed by atoms with Gasteiger partial charge in [0.25, 0.3) is 11.8 Å². The van der Waals surface area contributed by atoms with E-state index in [1.54, 1.807) is 29.0 Å². The number of imidazole rings is 1. The standard InChI is InChI=1S/C22H20N4O3S/c1-14-7-8-17-18(12-14)21(29)26(20(17)28)10-3-6-19(27)24-15-4-2-5-16(13-15)25-11-9-23-22(25)30/h2,4-5,7-9,11-13H,3,6,10H2,1H3,(H,23,30)(H,24,27). The molecule has 0 bridgehead atoms. The molecule has 0 spiro atoms. The normalized spacial score (nSPS) is 12.9. The number of benzene rings is 2. The van der Waals surface area contributed by atoms with Gasteiger partial charge in [0.05, 0.1) is 11.1 Å². The summed E-state index contributed by atoms with van der Waals surface area (Å²) < 4.78 is 2.37. The third-order valence-corrected chi connectivity index (χ3v) is 5.28. The predicted octanol–water partition coefficient (Wildman–Crippen LogP) is 3.86. The number of rotatable bonds is 6. The molecule has 2 heterocycles. The van der Waals surface area contributed by atoms with E-state index >= 15 is 0 Å². The van der Waals surface area contributed by atoms with Crippen LogP contribution in [0.5, 0.6) is 0 Å². The van der Waals surface area contributed by atoms with E-state index in [1.807, 2.05) is 37.4 Å². The summed E-state index contributed by atoms with van der Waals surface area (Å²) >= 11 is 5.22. The highest BCUT2D eigenvalue weighted by molar-refractivity contribution is 7.71. The summed E-state index contributed by atoms with van der Waals surface area (Å²) in [7, 11) is 0. The smallest absolute Gasteiger partial charge is 0.261 e. The Labute approximate surface area is 178 Å². The van der Waals surface area contributed by atoms with E-state index in [2.05, 4.69) is 10.3 Å². The molecule has 0 unspecified atom stereocenters. The predicted molar refractivity (Wildman–Crippen MR) is 115 cm³/mol. The van der Waals surface area contributed by atoms with Crippen molar-refractivity contribution in [2.75, 3.05) is 11.9 Å². The van der Waals surface area contributed by atoms with Crippen molar-refractivity contribution in [3.8, 4) is 5.69 Å². The van der Waals surface area contributed by atoms with E-state index in [0.29, 0.717) is 28.0 Å². The molecule has 3 amide bonds. The number of aromatic amines is 1. The number of fused-ring (bicyclic) bond motifs is 1. The Hall–Kier alpha value is -3.52. The first-order chi connectivity index (χ1) is 14.4. The molecule has 1 aliphatic rings. The number of nitrogens with zero attached hydrogens (tertiary/aromatic N) is 2. The lowest BCUT2D eigenvalue weighted by molar-refractivity contribution is -0.116. The molecule has 4 rings (SSSR count). The van der Waals surface area contributed by atoms with E-state index in [4.69, 9.17) is 12.2 Å². The van der Waals surface area contributed by atoms with E-state index in [1.165, 1.54) is 4.90 Å². The average molecular weight is 420 g/mol. The number of aryl methyl sites for hydroxylation is 1. The summed E-state index contributed by atoms with van der Waals surface area (Å²) in [6.45, 7) is 2.08. The molecule has 1 aliphatic heterocycles. The maximum Gasteiger partial charge on any atom is 0.261 e. The molecule has 2 aromatic carbocycles. The Morgan fingerprint density at radius 1 is 1.10 bits per heavy atom. The van der Waals surface area contributed by atoms with E-state index in [9.17, 15) is 14.4 Å². The van der Waals surface area contributed by atoms with Crippen molar-refractivity contribution < 1.29 is 14.4 Å². The molecular formula is C22H20N4O3S. The molecule has 8 heteroatoms. The van der Waals surface area contributed by atoms with Gasteiger partial charge in [-0.15, -0.1) is 0 Å². The van der Waals surface area contributed by atoms with Gasteiger partial charge >= 0.3 is 0 Å². The van der Waals surface area contributed by atoms with Crippen LogP contribution in [-0.2, 0) is 4.79 Å². The van der Waals surface area contributed by atoms with Crippen LogP contribution in [0, 0.1) is 11.7 Å². The number of nitrogens with one attached hydrogen (secondary N) is 2. The van der Waals surface area contributed by atoms with Crippen LogP contribution < -0.4 is 5.32 Å². The summed E-state index contributed by atoms with van der Waals surface area (Å²) in [5.41, 5.74) is 3.27. The molecular weight excluding hydrogens is 400 g/mol. The highest BCUT2D eigenvalue weighted by Gasteiger charge is 2.34. The van der Waals surface area contributed by atoms with Gasteiger partial charge in [-0.05, 0) is 55.9 Å². The molecule has 0 saturated carbocycles. The SMILES string of the molecule is Cc1ccc2c(c1)C(=O)N(CCCC(=O)Nc1cccc(-n3cc[nH]c3=S)c1)C2=O. The van der Waals surface area contributed by atoms with Crippen LogP contribution in [0.2, 0.25) is 0 Å². The van der Waals surface area contributed by atoms with Crippen molar-refractivity contribution in [3.63, 3.8) is 0 Å². The summed E-state index contributed by atoms with van der Waals surface area (Å²) in [4.78, 5) is 41.4. The average Bonchev–Trinajstić information content (AvgIpc) is 3.25. The summed E-state index contributed by atoms with van der Waals surface area (Å²) in [5.74, 6) is -0.779. The molecule has 2 N–H and O–H groups in total. The fourth-order valence-electron chi connectivity index (χ4n) is 3.49. The first-order valence-electron chi connectivity index (χ1n) is 9.57. The van der Waals surface area contributed by atoms with Crippen LogP contribution in [0.15, 0.2) is 54.9 Å². The van der Waals surface area contributed by atoms with Crippen molar-refractivity contribution in [1.82, 2.24) is 14.5 Å². The van der Waals surface area contributed by atoms with Gasteiger partial charge in [-0.3, -0.25) is 23.9 Å². The highest BCUT2D eigenvalue weighted by atomic mass is 32.1. The Kier molecular flexibility index (Phi) is 5.33. The number of anilines is 1. The largest absolute Gasteiger partial charge is 0.337 e. The maximum absolute atomic E-state index is 12.5. The number of imide groups is 1. The molecule has 0 saturated heterocycles. The van der Waals surface area contributed by atoms with Gasteiger partial charge in [0, 0.05) is 36.7 Å². The van der Waals surface area contributed by atoms with E-state index in [-0.39, 0.29) is 30.7 Å². The topological polar surface area (TPSA) is 87.2 Å². The summed E-state index contributed by atoms with van der Waals surface area (Å²) in [6.07, 6.45) is 4.14. The minimum absolute atomic E-state index is 0.183. The number of carbonyl (C=O) groups excluding carboxylic acids is 3. The van der Waals surface area contributed by atoms with Crippen LogP contribution in [0.1, 0.15) is 39.1 Å². The lowest BCUT2D eigenvalue weighted by Gasteiger charge is -2.13. The number of carbonyl (C=O) groups is 3. The zero-order valence-electron chi connectivity index (χ0n) is 16.3. The molecule has 0 fully saturated rings. The summed E-state index contributed by atoms with van der Waals surface area (Å²) in [5, 5.41) is 2.85. The third kappa shape index (κ3) is 3.81. The second-order valence-electron chi connectivity index (χ2n) is 7.15. The number of aromatic nitrogens is 2. The van der Waals surface area contributed by atoms with Crippen molar-refractivity contribution in [1.29, 1.82) is 0 Å². The van der Waals surface area contributed by atoms with Crippen LogP contribution in [0.25, 0.3) is 5.69 Å². The van der Waals surface area contributed by atoms with Crippen molar-refractivity contribution in [2.45, 2.75) is 19.8 Å². The van der Waals surface area contributed by atoms with Gasteiger partial charge in [-0.2, -0.15) is 0 Å². The van der Waals surface area contributed by atoms with Gasteiger partial charge < -0.3 is 10.3 Å². The summed E-state index contributed by atoms with van der Waals surface area (Å²) in [6, 6.07) is 12.6. The Balaban J connectivity index is 1.34. The Morgan fingerprint density at radius 3 is 2.67 bits per heavy atom. The van der Waals surface area contributed by atoms with Gasteiger partial charge in [0.2, 0.25) is 5.91 Å². The Morgan fingerprint density at radius 2 is 1.90 bits per heavy atom. The van der Waals surface area contributed by atoms with Gasteiger partial charge in [0.15, 0.2) is 4.77 Å². The zero-order valence-corrected chi connectivity index (χ0v) is 17.2. The highest BCUT2D eigenvalue weighted by Crippen LogP contribution is 2.24. The quantitative estimate of drug-likeness (QED) is 0.468. The van der Waals surface area contributed by atoms with E-state index in [0.717, 1.165) is 11.3 Å². The monoisotopic (exact) mass is 420 g/mol. The van der Waals surface area contributed by atoms with Crippen molar-refractivity contribution in [2.24, 2.45) is 0 Å². The molecule has 0 radical (unpaired) electrons. The van der Waals surface area contributed by atoms with Crippen LogP contribution in [0.4, 0.5) is 5.69 Å². The second kappa shape index (κ2) is 8.08. The number of hydrogen-bond donors (Lipinski definition) is 2. The first kappa shape index (κ1) is 19.8. The fourth-order valence-corrected chi connectivity index (χ4v) is 3.72. The number of H-pyrrole nitrogens is 1. The molecule has 0 atom stereocenters. The van der Waals surface area contributed by atoms with Crippen LogP contribution in [0.3, 0.4) is 0 Å². The maximum atomic E-state index is 12.5. The molecule has 0 aliphatic carbocycles. The molecule has 152 valence electrons. The second-order valence-corrected chi connectivity index (χ2v) is 7.53. The zero-order chi connectivity index (χ0) is 21.3. The van der Waals surface area contributed by atoms with Gasteiger partial charge in [0.1, 0.15) is 0 Å². The van der Waals surface area contributed by atoms with Gasteiger partial charge in [-0.1, -0.05) is 17.7 Å². The fraction of sp³-hybridized carbons (Fsp3) is 0.182. The first-order valence-corrected chi connectivity index (χ1v) is 9.98. The number of hydrogen-bond acceptors (Lipinski definition) is 4. The van der Waals surface area contributed by atoms with E-state index < -0.39 is 0 Å². The molecule has 1 aromatic heterocycles. The molecule has 30 heavy (non-hydrogen) atoms. The minimum atomic E-state index is -0.300. The molecule has 3 aromatic rings. The van der Waals surface area contributed by atoms with Crippen molar-refractivity contribution in [3.05, 3.63) is 76.3 Å². The van der Waals surface area contributed by atoms with Gasteiger partial charge in [-0.25, -0.2) is 0 Å². The number of amides is 3. The lowest BCUT2D eigenvalue weighted by Crippen LogP contribution is -2.31. The third-order valence-electron chi connectivity index (χ3n) is 4.97. The van der Waals surface area contributed by atoms with Crippen LogP contribution in [-0.4, -0.2) is 38.7 Å². The Bertz CT molecular complexity index is 1210. The minimum Gasteiger partial charge on any atom is -0.337 e. The lowest BCUT2D eigenvalue weighted by atomic mass is 10.1. The van der Waals surface area contributed by atoms with Crippen LogP contribution >= 0.6 is 12.2 Å². The molecule has 7 nitrogen and oxygen atoms in total.